The van der Waals surface area contributed by atoms with Gasteiger partial charge in [-0.15, -0.1) is 0 Å². The second-order valence-corrected chi connectivity index (χ2v) is 8.92. The first kappa shape index (κ1) is 24.5. The Morgan fingerprint density at radius 1 is 1.11 bits per heavy atom. The fourth-order valence-corrected chi connectivity index (χ4v) is 3.97. The van der Waals surface area contributed by atoms with Crippen LogP contribution in [0, 0.1) is 0 Å². The van der Waals surface area contributed by atoms with Gasteiger partial charge in [-0.25, -0.2) is 14.5 Å². The first-order valence-corrected chi connectivity index (χ1v) is 12.1. The molecule has 184 valence electrons. The van der Waals surface area contributed by atoms with Crippen LogP contribution < -0.4 is 21.3 Å². The minimum atomic E-state index is -0.432. The van der Waals surface area contributed by atoms with E-state index in [0.29, 0.717) is 48.2 Å². The lowest BCUT2D eigenvalue weighted by Crippen LogP contribution is -2.40. The Bertz CT molecular complexity index is 1480. The molecule has 12 heteroatoms. The van der Waals surface area contributed by atoms with Gasteiger partial charge in [-0.2, -0.15) is 5.10 Å². The summed E-state index contributed by atoms with van der Waals surface area (Å²) >= 11 is 3.35. The summed E-state index contributed by atoms with van der Waals surface area (Å²) in [4.78, 5) is 45.6. The second-order valence-electron chi connectivity index (χ2n) is 8.01. The SMILES string of the molecule is CCCn1c(=O)c2nc(-c3cc(OCC(=O)Nc4ccc(Br)cc4)n(C)n3)[nH]c2n(CCC)c1=O. The molecule has 4 rings (SSSR count). The minimum absolute atomic E-state index is 0.184. The highest BCUT2D eigenvalue weighted by Gasteiger charge is 2.19. The number of aryl methyl sites for hydroxylation is 2. The van der Waals surface area contributed by atoms with Gasteiger partial charge in [0.15, 0.2) is 17.9 Å². The van der Waals surface area contributed by atoms with E-state index in [1.807, 2.05) is 26.0 Å². The van der Waals surface area contributed by atoms with Gasteiger partial charge in [0.1, 0.15) is 11.3 Å². The van der Waals surface area contributed by atoms with E-state index in [0.717, 1.165) is 10.9 Å². The number of anilines is 1. The second kappa shape index (κ2) is 10.3. The van der Waals surface area contributed by atoms with Gasteiger partial charge in [0.2, 0.25) is 5.88 Å². The minimum Gasteiger partial charge on any atom is -0.468 e. The van der Waals surface area contributed by atoms with Gasteiger partial charge >= 0.3 is 5.69 Å². The molecule has 0 radical (unpaired) electrons. The van der Waals surface area contributed by atoms with Crippen molar-refractivity contribution in [3.8, 4) is 17.4 Å². The number of H-pyrrole nitrogens is 1. The molecular weight excluding hydrogens is 518 g/mol. The Morgan fingerprint density at radius 3 is 2.49 bits per heavy atom. The van der Waals surface area contributed by atoms with Gasteiger partial charge in [-0.05, 0) is 37.1 Å². The Balaban J connectivity index is 1.59. The summed E-state index contributed by atoms with van der Waals surface area (Å²) in [6.45, 7) is 4.42. The molecule has 1 aromatic carbocycles. The van der Waals surface area contributed by atoms with E-state index in [9.17, 15) is 14.4 Å². The number of benzene rings is 1. The molecule has 11 nitrogen and oxygen atoms in total. The van der Waals surface area contributed by atoms with Crippen molar-refractivity contribution >= 4 is 38.7 Å². The third-order valence-electron chi connectivity index (χ3n) is 5.32. The third kappa shape index (κ3) is 5.06. The number of aromatic nitrogens is 6. The molecular formula is C23H26BrN7O4. The topological polar surface area (TPSA) is 129 Å². The van der Waals surface area contributed by atoms with Crippen LogP contribution in [0.1, 0.15) is 26.7 Å². The third-order valence-corrected chi connectivity index (χ3v) is 5.85. The van der Waals surface area contributed by atoms with E-state index in [1.54, 1.807) is 25.2 Å². The fraction of sp³-hybridized carbons (Fsp3) is 0.348. The van der Waals surface area contributed by atoms with E-state index in [-0.39, 0.29) is 23.7 Å². The number of ether oxygens (including phenoxy) is 1. The average molecular weight is 544 g/mol. The summed E-state index contributed by atoms with van der Waals surface area (Å²) in [6.07, 6.45) is 1.37. The van der Waals surface area contributed by atoms with Crippen molar-refractivity contribution in [3.05, 3.63) is 55.6 Å². The molecule has 4 aromatic rings. The van der Waals surface area contributed by atoms with Crippen LogP contribution in [0.2, 0.25) is 0 Å². The monoisotopic (exact) mass is 543 g/mol. The number of hydrogen-bond donors (Lipinski definition) is 2. The lowest BCUT2D eigenvalue weighted by Gasteiger charge is -2.09. The summed E-state index contributed by atoms with van der Waals surface area (Å²) in [5, 5.41) is 7.16. The van der Waals surface area contributed by atoms with Crippen LogP contribution >= 0.6 is 15.9 Å². The van der Waals surface area contributed by atoms with Crippen LogP contribution in [-0.2, 0) is 24.9 Å². The van der Waals surface area contributed by atoms with Crippen LogP contribution in [-0.4, -0.2) is 41.4 Å². The number of fused-ring (bicyclic) bond motifs is 1. The van der Waals surface area contributed by atoms with Crippen molar-refractivity contribution in [2.24, 2.45) is 7.05 Å². The van der Waals surface area contributed by atoms with Crippen molar-refractivity contribution in [2.75, 3.05) is 11.9 Å². The van der Waals surface area contributed by atoms with Crippen molar-refractivity contribution in [1.82, 2.24) is 28.9 Å². The highest BCUT2D eigenvalue weighted by Crippen LogP contribution is 2.22. The first-order valence-electron chi connectivity index (χ1n) is 11.3. The smallest absolute Gasteiger partial charge is 0.332 e. The number of nitrogens with zero attached hydrogens (tertiary/aromatic N) is 5. The maximum atomic E-state index is 12.9. The molecule has 0 saturated carbocycles. The van der Waals surface area contributed by atoms with Gasteiger partial charge in [0, 0.05) is 36.4 Å². The summed E-state index contributed by atoms with van der Waals surface area (Å²) in [5.41, 5.74) is 0.835. The number of nitrogens with one attached hydrogen (secondary N) is 2. The molecule has 0 bridgehead atoms. The molecule has 1 amide bonds. The number of carbonyl (C=O) groups is 1. The van der Waals surface area contributed by atoms with Crippen LogP contribution in [0.25, 0.3) is 22.7 Å². The van der Waals surface area contributed by atoms with Crippen molar-refractivity contribution in [2.45, 2.75) is 39.8 Å². The summed E-state index contributed by atoms with van der Waals surface area (Å²) in [7, 11) is 1.68. The molecule has 0 unspecified atom stereocenters. The van der Waals surface area contributed by atoms with Gasteiger partial charge in [-0.3, -0.25) is 18.7 Å². The Kier molecular flexibility index (Phi) is 7.20. The molecule has 0 fully saturated rings. The first-order chi connectivity index (χ1) is 16.8. The average Bonchev–Trinajstić information content (AvgIpc) is 3.44. The van der Waals surface area contributed by atoms with E-state index < -0.39 is 5.56 Å². The quantitative estimate of drug-likeness (QED) is 0.334. The Morgan fingerprint density at radius 2 is 1.80 bits per heavy atom. The zero-order valence-electron chi connectivity index (χ0n) is 19.7. The zero-order chi connectivity index (χ0) is 25.1. The van der Waals surface area contributed by atoms with Gasteiger partial charge in [0.25, 0.3) is 11.5 Å². The standard InChI is InChI=1S/C23H26BrN7O4/c1-4-10-30-21-19(22(33)31(11-5-2)23(30)34)26-20(27-21)16-12-18(29(3)28-16)35-13-17(32)25-15-8-6-14(24)7-9-15/h6-9,12H,4-5,10-11,13H2,1-3H3,(H,25,32)(H,26,27). The lowest BCUT2D eigenvalue weighted by molar-refractivity contribution is -0.118. The van der Waals surface area contributed by atoms with Crippen LogP contribution in [0.4, 0.5) is 5.69 Å². The molecule has 0 aliphatic heterocycles. The molecule has 3 aromatic heterocycles. The van der Waals surface area contributed by atoms with Crippen LogP contribution in [0.3, 0.4) is 0 Å². The maximum absolute atomic E-state index is 12.9. The van der Waals surface area contributed by atoms with Gasteiger partial charge < -0.3 is 15.0 Å². The largest absolute Gasteiger partial charge is 0.468 e. The Hall–Kier alpha value is -3.67. The summed E-state index contributed by atoms with van der Waals surface area (Å²) in [6, 6.07) is 8.83. The molecule has 0 aliphatic carbocycles. The number of carbonyl (C=O) groups excluding carboxylic acids is 1. The van der Waals surface area contributed by atoms with E-state index >= 15 is 0 Å². The zero-order valence-corrected chi connectivity index (χ0v) is 21.3. The maximum Gasteiger partial charge on any atom is 0.332 e. The Labute approximate surface area is 208 Å². The van der Waals surface area contributed by atoms with Crippen molar-refractivity contribution in [1.29, 1.82) is 0 Å². The van der Waals surface area contributed by atoms with Crippen molar-refractivity contribution in [3.63, 3.8) is 0 Å². The van der Waals surface area contributed by atoms with Gasteiger partial charge in [-0.1, -0.05) is 29.8 Å². The molecule has 3 heterocycles. The molecule has 0 spiro atoms. The van der Waals surface area contributed by atoms with Crippen LogP contribution in [0.5, 0.6) is 5.88 Å². The number of hydrogen-bond acceptors (Lipinski definition) is 6. The predicted molar refractivity (Wildman–Crippen MR) is 136 cm³/mol. The van der Waals surface area contributed by atoms with Gasteiger partial charge in [0.05, 0.1) is 0 Å². The lowest BCUT2D eigenvalue weighted by atomic mass is 10.3. The van der Waals surface area contributed by atoms with Crippen molar-refractivity contribution < 1.29 is 9.53 Å². The molecule has 0 atom stereocenters. The normalized spacial score (nSPS) is 11.2. The molecule has 0 aliphatic rings. The summed E-state index contributed by atoms with van der Waals surface area (Å²) in [5.74, 6) is 0.361. The molecule has 35 heavy (non-hydrogen) atoms. The molecule has 0 saturated heterocycles. The number of amides is 1. The van der Waals surface area contributed by atoms with E-state index in [2.05, 4.69) is 36.3 Å². The van der Waals surface area contributed by atoms with E-state index in [1.165, 1.54) is 13.8 Å². The summed E-state index contributed by atoms with van der Waals surface area (Å²) < 4.78 is 10.8. The highest BCUT2D eigenvalue weighted by atomic mass is 79.9. The predicted octanol–water partition coefficient (Wildman–Crippen LogP) is 2.89. The number of imidazole rings is 1. The van der Waals surface area contributed by atoms with Crippen LogP contribution in [0.15, 0.2) is 44.4 Å². The fourth-order valence-electron chi connectivity index (χ4n) is 3.71. The number of rotatable bonds is 9. The number of aromatic amines is 1. The molecule has 2 N–H and O–H groups in total. The highest BCUT2D eigenvalue weighted by molar-refractivity contribution is 9.10. The number of halogens is 1. The van der Waals surface area contributed by atoms with E-state index in [4.69, 9.17) is 4.74 Å².